The molecule has 2 nitrogen and oxygen atoms in total. The molecule has 0 spiro atoms. The van der Waals surface area contributed by atoms with E-state index in [4.69, 9.17) is 4.74 Å². The molecule has 0 aliphatic heterocycles. The molecule has 0 bridgehead atoms. The Balaban J connectivity index is 2.31. The summed E-state index contributed by atoms with van der Waals surface area (Å²) >= 11 is 1.66. The van der Waals surface area contributed by atoms with Crippen molar-refractivity contribution in [3.63, 3.8) is 0 Å². The van der Waals surface area contributed by atoms with Crippen LogP contribution in [0.5, 0.6) is 0 Å². The molecule has 17 heavy (non-hydrogen) atoms. The van der Waals surface area contributed by atoms with E-state index < -0.39 is 5.41 Å². The SMILES string of the molecule is CCOC(=O)C1(c2cccs2)CCC=CCC1. The summed E-state index contributed by atoms with van der Waals surface area (Å²) in [6, 6.07) is 4.08. The Morgan fingerprint density at radius 3 is 2.65 bits per heavy atom. The van der Waals surface area contributed by atoms with Gasteiger partial charge >= 0.3 is 5.97 Å². The van der Waals surface area contributed by atoms with Gasteiger partial charge in [0, 0.05) is 4.88 Å². The molecule has 0 amide bonds. The van der Waals surface area contributed by atoms with Gasteiger partial charge < -0.3 is 4.74 Å². The van der Waals surface area contributed by atoms with Crippen LogP contribution in [-0.2, 0) is 14.9 Å². The van der Waals surface area contributed by atoms with Crippen molar-refractivity contribution in [2.75, 3.05) is 6.61 Å². The maximum Gasteiger partial charge on any atom is 0.317 e. The van der Waals surface area contributed by atoms with E-state index in [1.807, 2.05) is 18.4 Å². The van der Waals surface area contributed by atoms with E-state index in [0.29, 0.717) is 6.61 Å². The summed E-state index contributed by atoms with van der Waals surface area (Å²) in [5.41, 5.74) is -0.409. The lowest BCUT2D eigenvalue weighted by molar-refractivity contribution is -0.150. The quantitative estimate of drug-likeness (QED) is 0.604. The standard InChI is InChI=1S/C14H18O2S/c1-2-16-13(15)14(12-8-7-11-17-12)9-5-3-4-6-10-14/h3-4,7-8,11H,2,5-6,9-10H2,1H3. The minimum Gasteiger partial charge on any atom is -0.465 e. The topological polar surface area (TPSA) is 26.3 Å². The lowest BCUT2D eigenvalue weighted by Crippen LogP contribution is -2.36. The average Bonchev–Trinajstić information content (AvgIpc) is 2.75. The van der Waals surface area contributed by atoms with Crippen LogP contribution in [0.15, 0.2) is 29.7 Å². The fourth-order valence-corrected chi connectivity index (χ4v) is 3.37. The average molecular weight is 250 g/mol. The first kappa shape index (κ1) is 12.4. The molecule has 3 heteroatoms. The van der Waals surface area contributed by atoms with E-state index >= 15 is 0 Å². The lowest BCUT2D eigenvalue weighted by Gasteiger charge is -2.29. The highest BCUT2D eigenvalue weighted by atomic mass is 32.1. The third kappa shape index (κ3) is 2.44. The number of hydrogen-bond donors (Lipinski definition) is 0. The van der Waals surface area contributed by atoms with Gasteiger partial charge in [0.1, 0.15) is 5.41 Å². The molecular formula is C14H18O2S. The highest BCUT2D eigenvalue weighted by Crippen LogP contribution is 2.40. The fourth-order valence-electron chi connectivity index (χ4n) is 2.39. The van der Waals surface area contributed by atoms with Gasteiger partial charge in [-0.3, -0.25) is 4.79 Å². The maximum absolute atomic E-state index is 12.3. The number of esters is 1. The van der Waals surface area contributed by atoms with Crippen LogP contribution in [0.25, 0.3) is 0 Å². The second kappa shape index (κ2) is 5.50. The second-order valence-corrected chi connectivity index (χ2v) is 5.28. The van der Waals surface area contributed by atoms with Gasteiger partial charge in [-0.2, -0.15) is 0 Å². The predicted molar refractivity (Wildman–Crippen MR) is 70.2 cm³/mol. The van der Waals surface area contributed by atoms with Gasteiger partial charge in [0.05, 0.1) is 6.61 Å². The van der Waals surface area contributed by atoms with Crippen molar-refractivity contribution in [1.29, 1.82) is 0 Å². The number of allylic oxidation sites excluding steroid dienone is 2. The van der Waals surface area contributed by atoms with Crippen LogP contribution >= 0.6 is 11.3 Å². The van der Waals surface area contributed by atoms with Gasteiger partial charge in [0.15, 0.2) is 0 Å². The molecule has 1 aromatic heterocycles. The molecule has 92 valence electrons. The Kier molecular flexibility index (Phi) is 4.00. The Morgan fingerprint density at radius 2 is 2.12 bits per heavy atom. The molecule has 2 rings (SSSR count). The Bertz CT molecular complexity index is 382. The first-order valence-electron chi connectivity index (χ1n) is 6.16. The van der Waals surface area contributed by atoms with Crippen molar-refractivity contribution < 1.29 is 9.53 Å². The second-order valence-electron chi connectivity index (χ2n) is 4.33. The van der Waals surface area contributed by atoms with Crippen molar-refractivity contribution in [3.8, 4) is 0 Å². The van der Waals surface area contributed by atoms with E-state index in [9.17, 15) is 4.79 Å². The summed E-state index contributed by atoms with van der Waals surface area (Å²) in [6.07, 6.45) is 7.99. The number of ether oxygens (including phenoxy) is 1. The minimum absolute atomic E-state index is 0.0499. The molecule has 1 aliphatic rings. The van der Waals surface area contributed by atoms with E-state index in [0.717, 1.165) is 30.6 Å². The number of hydrogen-bond acceptors (Lipinski definition) is 3. The van der Waals surface area contributed by atoms with Crippen molar-refractivity contribution in [2.45, 2.75) is 38.0 Å². The van der Waals surface area contributed by atoms with Crippen LogP contribution in [0.3, 0.4) is 0 Å². The molecular weight excluding hydrogens is 232 g/mol. The molecule has 0 aromatic carbocycles. The Labute approximate surface area is 106 Å². The van der Waals surface area contributed by atoms with Crippen molar-refractivity contribution >= 4 is 17.3 Å². The molecule has 0 radical (unpaired) electrons. The summed E-state index contributed by atoms with van der Waals surface area (Å²) in [6.45, 7) is 2.33. The molecule has 1 aliphatic carbocycles. The van der Waals surface area contributed by atoms with Crippen LogP contribution in [0, 0.1) is 0 Å². The zero-order chi connectivity index (χ0) is 12.1. The third-order valence-corrected chi connectivity index (χ3v) is 4.38. The van der Waals surface area contributed by atoms with E-state index in [1.165, 1.54) is 0 Å². The first-order valence-corrected chi connectivity index (χ1v) is 7.04. The zero-order valence-corrected chi connectivity index (χ0v) is 11.0. The first-order chi connectivity index (χ1) is 8.29. The molecule has 0 saturated carbocycles. The molecule has 0 N–H and O–H groups in total. The maximum atomic E-state index is 12.3. The third-order valence-electron chi connectivity index (χ3n) is 3.30. The van der Waals surface area contributed by atoms with Crippen LogP contribution in [0.1, 0.15) is 37.5 Å². The van der Waals surface area contributed by atoms with Gasteiger partial charge in [0.2, 0.25) is 0 Å². The normalized spacial score (nSPS) is 18.6. The monoisotopic (exact) mass is 250 g/mol. The number of thiophene rings is 1. The fraction of sp³-hybridized carbons (Fsp3) is 0.500. The Morgan fingerprint density at radius 1 is 1.41 bits per heavy atom. The number of carbonyl (C=O) groups is 1. The van der Waals surface area contributed by atoms with Crippen LogP contribution < -0.4 is 0 Å². The van der Waals surface area contributed by atoms with Crippen LogP contribution in [0.4, 0.5) is 0 Å². The van der Waals surface area contributed by atoms with Crippen LogP contribution in [-0.4, -0.2) is 12.6 Å². The van der Waals surface area contributed by atoms with Crippen LogP contribution in [0.2, 0.25) is 0 Å². The van der Waals surface area contributed by atoms with Crippen molar-refractivity contribution in [1.82, 2.24) is 0 Å². The number of rotatable bonds is 3. The highest BCUT2D eigenvalue weighted by molar-refractivity contribution is 7.10. The van der Waals surface area contributed by atoms with Crippen molar-refractivity contribution in [2.24, 2.45) is 0 Å². The number of carbonyl (C=O) groups excluding carboxylic acids is 1. The summed E-state index contributed by atoms with van der Waals surface area (Å²) in [7, 11) is 0. The lowest BCUT2D eigenvalue weighted by atomic mass is 9.78. The van der Waals surface area contributed by atoms with Gasteiger partial charge in [-0.1, -0.05) is 18.2 Å². The smallest absolute Gasteiger partial charge is 0.317 e. The van der Waals surface area contributed by atoms with E-state index in [-0.39, 0.29) is 5.97 Å². The summed E-state index contributed by atoms with van der Waals surface area (Å²) in [5.74, 6) is -0.0499. The molecule has 0 fully saturated rings. The van der Waals surface area contributed by atoms with Crippen molar-refractivity contribution in [3.05, 3.63) is 34.5 Å². The van der Waals surface area contributed by atoms with Gasteiger partial charge in [0.25, 0.3) is 0 Å². The summed E-state index contributed by atoms with van der Waals surface area (Å²) < 4.78 is 5.30. The zero-order valence-electron chi connectivity index (χ0n) is 10.1. The van der Waals surface area contributed by atoms with Gasteiger partial charge in [-0.25, -0.2) is 0 Å². The molecule has 0 unspecified atom stereocenters. The van der Waals surface area contributed by atoms with E-state index in [1.54, 1.807) is 11.3 Å². The summed E-state index contributed by atoms with van der Waals surface area (Å²) in [5, 5.41) is 2.04. The van der Waals surface area contributed by atoms with E-state index in [2.05, 4.69) is 18.2 Å². The molecule has 1 aromatic rings. The summed E-state index contributed by atoms with van der Waals surface area (Å²) in [4.78, 5) is 13.5. The highest BCUT2D eigenvalue weighted by Gasteiger charge is 2.41. The van der Waals surface area contributed by atoms with Gasteiger partial charge in [-0.05, 0) is 44.1 Å². The molecule has 0 saturated heterocycles. The minimum atomic E-state index is -0.409. The Hall–Kier alpha value is -1.09. The molecule has 1 heterocycles. The largest absolute Gasteiger partial charge is 0.465 e. The van der Waals surface area contributed by atoms with Gasteiger partial charge in [-0.15, -0.1) is 11.3 Å². The molecule has 0 atom stereocenters. The predicted octanol–water partition coefficient (Wildman–Crippen LogP) is 3.68.